The maximum Gasteiger partial charge on any atom is 0.390 e. The Morgan fingerprint density at radius 1 is 1.25 bits per heavy atom. The van der Waals surface area contributed by atoms with E-state index in [-0.39, 0.29) is 29.5 Å². The standard InChI is InChI=1S/C14H16F3N3O4/c15-14(16,17)7-11(19-3-1-18-2-4-19)9-5-12-13(24-8-23-12)6-10(9)20(21)22/h5-6,11,18H,1-4,7-8H2/t11-/m0/s1. The number of piperazine rings is 1. The van der Waals surface area contributed by atoms with Crippen molar-refractivity contribution in [2.45, 2.75) is 18.6 Å². The largest absolute Gasteiger partial charge is 0.454 e. The zero-order chi connectivity index (χ0) is 17.3. The molecule has 3 rings (SSSR count). The molecule has 0 spiro atoms. The first-order chi connectivity index (χ1) is 11.3. The van der Waals surface area contributed by atoms with Crippen LogP contribution in [0.1, 0.15) is 18.0 Å². The summed E-state index contributed by atoms with van der Waals surface area (Å²) in [7, 11) is 0. The van der Waals surface area contributed by atoms with Crippen LogP contribution in [-0.4, -0.2) is 49.0 Å². The lowest BCUT2D eigenvalue weighted by atomic mass is 9.98. The zero-order valence-electron chi connectivity index (χ0n) is 12.6. The van der Waals surface area contributed by atoms with E-state index in [0.717, 1.165) is 6.07 Å². The Hall–Kier alpha value is -2.07. The second-order valence-electron chi connectivity index (χ2n) is 5.64. The first-order valence-electron chi connectivity index (χ1n) is 7.44. The quantitative estimate of drug-likeness (QED) is 0.665. The third-order valence-electron chi connectivity index (χ3n) is 4.09. The van der Waals surface area contributed by atoms with Gasteiger partial charge in [-0.3, -0.25) is 15.0 Å². The predicted molar refractivity (Wildman–Crippen MR) is 77.1 cm³/mol. The van der Waals surface area contributed by atoms with E-state index in [0.29, 0.717) is 26.2 Å². The van der Waals surface area contributed by atoms with E-state index in [2.05, 4.69) is 5.32 Å². The van der Waals surface area contributed by atoms with Crippen LogP contribution in [0.5, 0.6) is 11.5 Å². The molecule has 1 fully saturated rings. The Bertz CT molecular complexity index is 632. The van der Waals surface area contributed by atoms with Gasteiger partial charge in [0.25, 0.3) is 5.69 Å². The van der Waals surface area contributed by atoms with Crippen LogP contribution in [0, 0.1) is 10.1 Å². The number of ether oxygens (including phenoxy) is 2. The van der Waals surface area contributed by atoms with Crippen molar-refractivity contribution in [2.75, 3.05) is 33.0 Å². The molecule has 1 atom stereocenters. The van der Waals surface area contributed by atoms with Crippen LogP contribution in [0.25, 0.3) is 0 Å². The van der Waals surface area contributed by atoms with Crippen molar-refractivity contribution < 1.29 is 27.6 Å². The number of nitro groups is 1. The lowest BCUT2D eigenvalue weighted by Gasteiger charge is -2.35. The van der Waals surface area contributed by atoms with Gasteiger partial charge in [0.1, 0.15) is 0 Å². The topological polar surface area (TPSA) is 76.9 Å². The van der Waals surface area contributed by atoms with E-state index in [1.165, 1.54) is 6.07 Å². The summed E-state index contributed by atoms with van der Waals surface area (Å²) in [5.41, 5.74) is -0.379. The molecule has 0 aromatic heterocycles. The molecule has 10 heteroatoms. The molecule has 2 aliphatic rings. The van der Waals surface area contributed by atoms with Crippen molar-refractivity contribution >= 4 is 5.69 Å². The van der Waals surface area contributed by atoms with Gasteiger partial charge in [0.15, 0.2) is 11.5 Å². The average molecular weight is 347 g/mol. The molecule has 132 valence electrons. The molecule has 0 radical (unpaired) electrons. The van der Waals surface area contributed by atoms with E-state index in [1.807, 2.05) is 0 Å². The number of benzene rings is 1. The molecule has 1 aromatic rings. The maximum absolute atomic E-state index is 13.1. The second kappa shape index (κ2) is 6.44. The highest BCUT2D eigenvalue weighted by Crippen LogP contribution is 2.44. The van der Waals surface area contributed by atoms with E-state index in [4.69, 9.17) is 9.47 Å². The summed E-state index contributed by atoms with van der Waals surface area (Å²) in [5.74, 6) is 0.412. The van der Waals surface area contributed by atoms with Crippen LogP contribution in [0.15, 0.2) is 12.1 Å². The lowest BCUT2D eigenvalue weighted by Crippen LogP contribution is -2.46. The van der Waals surface area contributed by atoms with Crippen molar-refractivity contribution in [2.24, 2.45) is 0 Å². The van der Waals surface area contributed by atoms with Crippen LogP contribution in [0.2, 0.25) is 0 Å². The molecule has 7 nitrogen and oxygen atoms in total. The van der Waals surface area contributed by atoms with Gasteiger partial charge in [0.2, 0.25) is 6.79 Å². The summed E-state index contributed by atoms with van der Waals surface area (Å²) in [6.07, 6.45) is -5.60. The van der Waals surface area contributed by atoms with Crippen molar-refractivity contribution in [1.82, 2.24) is 10.2 Å². The first kappa shape index (κ1) is 16.8. The number of hydrogen-bond donors (Lipinski definition) is 1. The number of hydrogen-bond acceptors (Lipinski definition) is 6. The third-order valence-corrected chi connectivity index (χ3v) is 4.09. The number of fused-ring (bicyclic) bond motifs is 1. The smallest absolute Gasteiger partial charge is 0.390 e. The lowest BCUT2D eigenvalue weighted by molar-refractivity contribution is -0.386. The van der Waals surface area contributed by atoms with Crippen molar-refractivity contribution in [3.8, 4) is 11.5 Å². The fourth-order valence-corrected chi connectivity index (χ4v) is 3.02. The SMILES string of the molecule is O=[N+]([O-])c1cc2c(cc1[C@H](CC(F)(F)F)N1CCNCC1)OCO2. The summed E-state index contributed by atoms with van der Waals surface area (Å²) < 4.78 is 49.5. The molecule has 1 N–H and O–H groups in total. The molecule has 2 aliphatic heterocycles. The van der Waals surface area contributed by atoms with Gasteiger partial charge < -0.3 is 14.8 Å². The molecule has 24 heavy (non-hydrogen) atoms. The molecule has 1 saturated heterocycles. The number of halogens is 3. The van der Waals surface area contributed by atoms with Gasteiger partial charge in [-0.2, -0.15) is 13.2 Å². The van der Waals surface area contributed by atoms with Crippen LogP contribution >= 0.6 is 0 Å². The Morgan fingerprint density at radius 3 is 2.46 bits per heavy atom. The normalized spacial score (nSPS) is 19.3. The summed E-state index contributed by atoms with van der Waals surface area (Å²) >= 11 is 0. The highest BCUT2D eigenvalue weighted by molar-refractivity contribution is 5.56. The molecule has 0 aliphatic carbocycles. The molecule has 0 amide bonds. The van der Waals surface area contributed by atoms with Crippen LogP contribution in [0.3, 0.4) is 0 Å². The van der Waals surface area contributed by atoms with Gasteiger partial charge in [-0.15, -0.1) is 0 Å². The van der Waals surface area contributed by atoms with Gasteiger partial charge in [-0.05, 0) is 6.07 Å². The van der Waals surface area contributed by atoms with E-state index in [9.17, 15) is 23.3 Å². The highest BCUT2D eigenvalue weighted by Gasteiger charge is 2.39. The van der Waals surface area contributed by atoms with Gasteiger partial charge >= 0.3 is 6.18 Å². The fourth-order valence-electron chi connectivity index (χ4n) is 3.02. The minimum absolute atomic E-state index is 0.00322. The van der Waals surface area contributed by atoms with Crippen molar-refractivity contribution in [1.29, 1.82) is 0 Å². The number of nitro benzene ring substituents is 1. The molecule has 0 unspecified atom stereocenters. The van der Waals surface area contributed by atoms with Gasteiger partial charge in [0, 0.05) is 26.2 Å². The molecule has 1 aromatic carbocycles. The number of rotatable bonds is 4. The third kappa shape index (κ3) is 3.54. The first-order valence-corrected chi connectivity index (χ1v) is 7.44. The fraction of sp³-hybridized carbons (Fsp3) is 0.571. The molecule has 2 heterocycles. The van der Waals surface area contributed by atoms with E-state index >= 15 is 0 Å². The molecule has 0 saturated carbocycles. The van der Waals surface area contributed by atoms with Crippen molar-refractivity contribution in [3.05, 3.63) is 27.8 Å². The van der Waals surface area contributed by atoms with E-state index in [1.54, 1.807) is 4.90 Å². The average Bonchev–Trinajstić information content (AvgIpc) is 2.98. The number of nitrogens with zero attached hydrogens (tertiary/aromatic N) is 2. The number of alkyl halides is 3. The Morgan fingerprint density at radius 2 is 1.88 bits per heavy atom. The maximum atomic E-state index is 13.1. The van der Waals surface area contributed by atoms with E-state index < -0.39 is 23.6 Å². The minimum atomic E-state index is -4.44. The van der Waals surface area contributed by atoms with Gasteiger partial charge in [-0.1, -0.05) is 0 Å². The Labute approximate surface area is 135 Å². The van der Waals surface area contributed by atoms with Crippen LogP contribution in [-0.2, 0) is 0 Å². The monoisotopic (exact) mass is 347 g/mol. The van der Waals surface area contributed by atoms with Gasteiger partial charge in [0.05, 0.1) is 29.0 Å². The Balaban J connectivity index is 2.03. The summed E-state index contributed by atoms with van der Waals surface area (Å²) in [6, 6.07) is 1.31. The minimum Gasteiger partial charge on any atom is -0.454 e. The summed E-state index contributed by atoms with van der Waals surface area (Å²) in [6.45, 7) is 1.73. The van der Waals surface area contributed by atoms with Crippen molar-refractivity contribution in [3.63, 3.8) is 0 Å². The van der Waals surface area contributed by atoms with Crippen LogP contribution in [0.4, 0.5) is 18.9 Å². The zero-order valence-corrected chi connectivity index (χ0v) is 12.6. The van der Waals surface area contributed by atoms with Crippen LogP contribution < -0.4 is 14.8 Å². The predicted octanol–water partition coefficient (Wildman–Crippen LogP) is 2.22. The summed E-state index contributed by atoms with van der Waals surface area (Å²) in [4.78, 5) is 12.3. The highest BCUT2D eigenvalue weighted by atomic mass is 19.4. The summed E-state index contributed by atoms with van der Waals surface area (Å²) in [5, 5.41) is 14.4. The molecular weight excluding hydrogens is 331 g/mol. The van der Waals surface area contributed by atoms with Gasteiger partial charge in [-0.25, -0.2) is 0 Å². The number of nitrogens with one attached hydrogen (secondary N) is 1. The molecule has 0 bridgehead atoms. The Kier molecular flexibility index (Phi) is 4.50. The molecular formula is C14H16F3N3O4. The second-order valence-corrected chi connectivity index (χ2v) is 5.64.